The molecular formula is C12H14N4O3. The van der Waals surface area contributed by atoms with E-state index < -0.39 is 17.8 Å². The van der Waals surface area contributed by atoms with Crippen LogP contribution in [0.5, 0.6) is 0 Å². The molecule has 1 aliphatic heterocycles. The summed E-state index contributed by atoms with van der Waals surface area (Å²) >= 11 is 0. The van der Waals surface area contributed by atoms with Gasteiger partial charge in [0.1, 0.15) is 6.54 Å². The molecule has 0 unspecified atom stereocenters. The molecule has 0 aliphatic carbocycles. The van der Waals surface area contributed by atoms with Crippen LogP contribution in [-0.2, 0) is 16.1 Å². The van der Waals surface area contributed by atoms with Gasteiger partial charge in [0, 0.05) is 12.2 Å². The maximum absolute atomic E-state index is 11.7. The van der Waals surface area contributed by atoms with E-state index in [0.29, 0.717) is 12.2 Å². The fourth-order valence-corrected chi connectivity index (χ4v) is 1.74. The van der Waals surface area contributed by atoms with Gasteiger partial charge in [-0.25, -0.2) is 4.79 Å². The zero-order chi connectivity index (χ0) is 13.8. The molecule has 0 bridgehead atoms. The van der Waals surface area contributed by atoms with Gasteiger partial charge in [-0.15, -0.1) is 0 Å². The summed E-state index contributed by atoms with van der Waals surface area (Å²) in [5.41, 5.74) is 6.97. The van der Waals surface area contributed by atoms with Crippen LogP contribution in [0.25, 0.3) is 0 Å². The molecule has 4 N–H and O–H groups in total. The molecule has 0 atom stereocenters. The number of rotatable bonds is 4. The second-order valence-corrected chi connectivity index (χ2v) is 4.09. The van der Waals surface area contributed by atoms with Crippen molar-refractivity contribution < 1.29 is 14.4 Å². The molecule has 1 fully saturated rings. The number of amides is 4. The van der Waals surface area contributed by atoms with Crippen molar-refractivity contribution >= 4 is 23.5 Å². The topological polar surface area (TPSA) is 105 Å². The highest BCUT2D eigenvalue weighted by Gasteiger charge is 2.30. The lowest BCUT2D eigenvalue weighted by atomic mass is 10.2. The number of anilines is 1. The number of nitrogens with zero attached hydrogens (tertiary/aromatic N) is 1. The minimum Gasteiger partial charge on any atom is -0.329 e. The molecule has 4 amide bonds. The van der Waals surface area contributed by atoms with E-state index in [1.165, 1.54) is 0 Å². The minimum absolute atomic E-state index is 0.0607. The number of nitrogens with one attached hydrogen (secondary N) is 2. The van der Waals surface area contributed by atoms with Crippen molar-refractivity contribution in [2.24, 2.45) is 5.73 Å². The first-order valence-corrected chi connectivity index (χ1v) is 5.77. The highest BCUT2D eigenvalue weighted by molar-refractivity contribution is 6.06. The normalized spacial score (nSPS) is 14.5. The largest absolute Gasteiger partial charge is 0.329 e. The second kappa shape index (κ2) is 5.49. The number of carbonyl (C=O) groups excluding carboxylic acids is 3. The summed E-state index contributed by atoms with van der Waals surface area (Å²) in [6, 6.07) is 6.52. The summed E-state index contributed by atoms with van der Waals surface area (Å²) in [4.78, 5) is 35.2. The van der Waals surface area contributed by atoms with Gasteiger partial charge in [0.15, 0.2) is 0 Å². The molecule has 1 heterocycles. The summed E-state index contributed by atoms with van der Waals surface area (Å²) in [5.74, 6) is -0.838. The second-order valence-electron chi connectivity index (χ2n) is 4.09. The predicted molar refractivity (Wildman–Crippen MR) is 68.1 cm³/mol. The van der Waals surface area contributed by atoms with Gasteiger partial charge in [-0.05, 0) is 17.7 Å². The monoisotopic (exact) mass is 262 g/mol. The summed E-state index contributed by atoms with van der Waals surface area (Å²) in [6.45, 7) is 0.0169. The highest BCUT2D eigenvalue weighted by atomic mass is 16.2. The van der Waals surface area contributed by atoms with E-state index in [1.54, 1.807) is 18.2 Å². The SMILES string of the molecule is NCc1cccc(NC(=O)CN2C(=O)CNC2=O)c1. The predicted octanol–water partition coefficient (Wildman–Crippen LogP) is -0.364. The number of nitrogens with two attached hydrogens (primary N) is 1. The molecule has 0 aromatic heterocycles. The number of hydrogen-bond acceptors (Lipinski definition) is 4. The highest BCUT2D eigenvalue weighted by Crippen LogP contribution is 2.10. The summed E-state index contributed by atoms with van der Waals surface area (Å²) in [5, 5.41) is 4.96. The van der Waals surface area contributed by atoms with E-state index in [-0.39, 0.29) is 13.1 Å². The zero-order valence-electron chi connectivity index (χ0n) is 10.2. The molecule has 1 aromatic rings. The van der Waals surface area contributed by atoms with Crippen molar-refractivity contribution in [2.75, 3.05) is 18.4 Å². The quantitative estimate of drug-likeness (QED) is 0.644. The van der Waals surface area contributed by atoms with E-state index >= 15 is 0 Å². The average molecular weight is 262 g/mol. The lowest BCUT2D eigenvalue weighted by Gasteiger charge is -2.12. The third-order valence-corrected chi connectivity index (χ3v) is 2.69. The lowest BCUT2D eigenvalue weighted by Crippen LogP contribution is -2.38. The molecule has 0 radical (unpaired) electrons. The van der Waals surface area contributed by atoms with Crippen molar-refractivity contribution in [3.8, 4) is 0 Å². The summed E-state index contributed by atoms with van der Waals surface area (Å²) < 4.78 is 0. The molecule has 100 valence electrons. The third kappa shape index (κ3) is 3.08. The fourth-order valence-electron chi connectivity index (χ4n) is 1.74. The van der Waals surface area contributed by atoms with Gasteiger partial charge in [0.25, 0.3) is 5.91 Å². The van der Waals surface area contributed by atoms with Gasteiger partial charge in [-0.2, -0.15) is 0 Å². The molecule has 7 nitrogen and oxygen atoms in total. The molecule has 1 aromatic carbocycles. The van der Waals surface area contributed by atoms with E-state index in [0.717, 1.165) is 10.5 Å². The Bertz CT molecular complexity index is 513. The van der Waals surface area contributed by atoms with Gasteiger partial charge in [0.05, 0.1) is 6.54 Å². The van der Waals surface area contributed by atoms with Crippen LogP contribution < -0.4 is 16.4 Å². The number of carbonyl (C=O) groups is 3. The summed E-state index contributed by atoms with van der Waals surface area (Å²) in [7, 11) is 0. The van der Waals surface area contributed by atoms with Gasteiger partial charge in [0.2, 0.25) is 5.91 Å². The molecule has 19 heavy (non-hydrogen) atoms. The first kappa shape index (κ1) is 13.0. The maximum atomic E-state index is 11.7. The number of hydrogen-bond donors (Lipinski definition) is 3. The Balaban J connectivity index is 1.97. The van der Waals surface area contributed by atoms with Gasteiger partial charge in [-0.1, -0.05) is 12.1 Å². The van der Waals surface area contributed by atoms with Crippen LogP contribution in [0.2, 0.25) is 0 Å². The third-order valence-electron chi connectivity index (χ3n) is 2.69. The van der Waals surface area contributed by atoms with Crippen LogP contribution in [-0.4, -0.2) is 35.8 Å². The Hall–Kier alpha value is -2.41. The maximum Gasteiger partial charge on any atom is 0.325 e. The number of benzene rings is 1. The Morgan fingerprint density at radius 3 is 2.84 bits per heavy atom. The first-order chi connectivity index (χ1) is 9.10. The fraction of sp³-hybridized carbons (Fsp3) is 0.250. The van der Waals surface area contributed by atoms with Crippen LogP contribution in [0, 0.1) is 0 Å². The standard InChI is InChI=1S/C12H14N4O3/c13-5-8-2-1-3-9(4-8)15-10(17)7-16-11(18)6-14-12(16)19/h1-4H,5-7,13H2,(H,14,19)(H,15,17). The number of imide groups is 1. The van der Waals surface area contributed by atoms with Crippen molar-refractivity contribution in [3.05, 3.63) is 29.8 Å². The van der Waals surface area contributed by atoms with Crippen LogP contribution >= 0.6 is 0 Å². The van der Waals surface area contributed by atoms with Crippen molar-refractivity contribution in [2.45, 2.75) is 6.54 Å². The van der Waals surface area contributed by atoms with Crippen LogP contribution in [0.15, 0.2) is 24.3 Å². The smallest absolute Gasteiger partial charge is 0.325 e. The van der Waals surface area contributed by atoms with Crippen molar-refractivity contribution in [3.63, 3.8) is 0 Å². The van der Waals surface area contributed by atoms with E-state index in [1.807, 2.05) is 6.07 Å². The zero-order valence-corrected chi connectivity index (χ0v) is 10.2. The molecular weight excluding hydrogens is 248 g/mol. The van der Waals surface area contributed by atoms with Crippen LogP contribution in [0.3, 0.4) is 0 Å². The van der Waals surface area contributed by atoms with Gasteiger partial charge >= 0.3 is 6.03 Å². The number of urea groups is 1. The van der Waals surface area contributed by atoms with Crippen LogP contribution in [0.4, 0.5) is 10.5 Å². The van der Waals surface area contributed by atoms with Gasteiger partial charge < -0.3 is 16.4 Å². The summed E-state index contributed by atoms with van der Waals surface area (Å²) in [6.07, 6.45) is 0. The molecule has 0 spiro atoms. The minimum atomic E-state index is -0.546. The van der Waals surface area contributed by atoms with E-state index in [2.05, 4.69) is 10.6 Å². The van der Waals surface area contributed by atoms with E-state index in [4.69, 9.17) is 5.73 Å². The average Bonchev–Trinajstić information content (AvgIpc) is 2.71. The molecule has 1 saturated heterocycles. The molecule has 7 heteroatoms. The molecule has 0 saturated carbocycles. The van der Waals surface area contributed by atoms with Crippen molar-refractivity contribution in [1.82, 2.24) is 10.2 Å². The lowest BCUT2D eigenvalue weighted by molar-refractivity contribution is -0.128. The Morgan fingerprint density at radius 1 is 1.42 bits per heavy atom. The van der Waals surface area contributed by atoms with Crippen molar-refractivity contribution in [1.29, 1.82) is 0 Å². The molecule has 2 rings (SSSR count). The first-order valence-electron chi connectivity index (χ1n) is 5.77. The van der Waals surface area contributed by atoms with E-state index in [9.17, 15) is 14.4 Å². The van der Waals surface area contributed by atoms with Gasteiger partial charge in [-0.3, -0.25) is 14.5 Å². The Labute approximate surface area is 109 Å². The van der Waals surface area contributed by atoms with Crippen LogP contribution in [0.1, 0.15) is 5.56 Å². The molecule has 1 aliphatic rings. The Morgan fingerprint density at radius 2 is 2.21 bits per heavy atom. The Kier molecular flexibility index (Phi) is 3.76.